The lowest BCUT2D eigenvalue weighted by molar-refractivity contribution is -0.132. The second-order valence-electron chi connectivity index (χ2n) is 5.89. The molecule has 0 heterocycles. The van der Waals surface area contributed by atoms with Crippen molar-refractivity contribution in [2.24, 2.45) is 0 Å². The van der Waals surface area contributed by atoms with Crippen molar-refractivity contribution in [1.29, 1.82) is 0 Å². The van der Waals surface area contributed by atoms with Crippen molar-refractivity contribution in [2.75, 3.05) is 13.7 Å². The first-order valence-electron chi connectivity index (χ1n) is 7.67. The molecule has 0 saturated heterocycles. The summed E-state index contributed by atoms with van der Waals surface area (Å²) >= 11 is 0. The van der Waals surface area contributed by atoms with Gasteiger partial charge in [0, 0.05) is 13.6 Å². The third kappa shape index (κ3) is 5.09. The van der Waals surface area contributed by atoms with Gasteiger partial charge in [0.05, 0.1) is 0 Å². The summed E-state index contributed by atoms with van der Waals surface area (Å²) in [6, 6.07) is 13.9. The monoisotopic (exact) mass is 315 g/mol. The maximum atomic E-state index is 12.9. The number of carbonyl (C=O) groups is 1. The summed E-state index contributed by atoms with van der Waals surface area (Å²) in [5.74, 6) is 0.704. The molecule has 0 fully saturated rings. The molecule has 122 valence electrons. The molecule has 2 rings (SSSR count). The van der Waals surface area contributed by atoms with Gasteiger partial charge in [-0.1, -0.05) is 38.1 Å². The van der Waals surface area contributed by atoms with E-state index in [2.05, 4.69) is 13.8 Å². The first-order chi connectivity index (χ1) is 11.0. The van der Waals surface area contributed by atoms with Crippen LogP contribution >= 0.6 is 0 Å². The van der Waals surface area contributed by atoms with Gasteiger partial charge < -0.3 is 9.64 Å². The molecular weight excluding hydrogens is 293 g/mol. The number of rotatable bonds is 6. The van der Waals surface area contributed by atoms with Crippen LogP contribution in [0.25, 0.3) is 0 Å². The van der Waals surface area contributed by atoms with E-state index in [4.69, 9.17) is 4.74 Å². The average molecular weight is 315 g/mol. The lowest BCUT2D eigenvalue weighted by atomic mass is 10.0. The second kappa shape index (κ2) is 7.77. The van der Waals surface area contributed by atoms with Crippen molar-refractivity contribution in [3.63, 3.8) is 0 Å². The number of likely N-dealkylation sites (N-methyl/N-ethyl adjacent to an activating group) is 1. The Morgan fingerprint density at radius 2 is 1.87 bits per heavy atom. The number of benzene rings is 2. The molecule has 23 heavy (non-hydrogen) atoms. The van der Waals surface area contributed by atoms with Crippen LogP contribution in [0.3, 0.4) is 0 Å². The lowest BCUT2D eigenvalue weighted by Gasteiger charge is -2.18. The van der Waals surface area contributed by atoms with Crippen molar-refractivity contribution in [3.8, 4) is 5.75 Å². The fourth-order valence-corrected chi connectivity index (χ4v) is 2.17. The number of hydrogen-bond donors (Lipinski definition) is 0. The Morgan fingerprint density at radius 1 is 1.17 bits per heavy atom. The van der Waals surface area contributed by atoms with Crippen LogP contribution in [0.15, 0.2) is 48.5 Å². The predicted molar refractivity (Wildman–Crippen MR) is 88.9 cm³/mol. The molecule has 0 aliphatic carbocycles. The maximum absolute atomic E-state index is 12.9. The predicted octanol–water partition coefficient (Wildman–Crippen LogP) is 3.99. The molecule has 0 aromatic heterocycles. The largest absolute Gasteiger partial charge is 0.484 e. The van der Waals surface area contributed by atoms with E-state index in [1.807, 2.05) is 24.3 Å². The highest BCUT2D eigenvalue weighted by Gasteiger charge is 2.11. The molecule has 0 radical (unpaired) electrons. The van der Waals surface area contributed by atoms with Crippen molar-refractivity contribution in [2.45, 2.75) is 26.3 Å². The van der Waals surface area contributed by atoms with Gasteiger partial charge in [-0.15, -0.1) is 0 Å². The number of hydrogen-bond acceptors (Lipinski definition) is 2. The molecule has 0 aliphatic heterocycles. The van der Waals surface area contributed by atoms with Crippen LogP contribution in [0.5, 0.6) is 5.75 Å². The molecule has 2 aromatic carbocycles. The second-order valence-corrected chi connectivity index (χ2v) is 5.89. The zero-order valence-corrected chi connectivity index (χ0v) is 13.8. The number of halogens is 1. The minimum Gasteiger partial charge on any atom is -0.484 e. The summed E-state index contributed by atoms with van der Waals surface area (Å²) in [5, 5.41) is 0. The first kappa shape index (κ1) is 17.0. The van der Waals surface area contributed by atoms with Crippen molar-refractivity contribution in [1.82, 2.24) is 4.90 Å². The number of ether oxygens (including phenoxy) is 1. The summed E-state index contributed by atoms with van der Waals surface area (Å²) in [7, 11) is 1.71. The Morgan fingerprint density at radius 3 is 2.52 bits per heavy atom. The fraction of sp³-hybridized carbons (Fsp3) is 0.316. The molecule has 0 bridgehead atoms. The molecule has 0 aliphatic rings. The Kier molecular flexibility index (Phi) is 5.74. The van der Waals surface area contributed by atoms with E-state index in [0.29, 0.717) is 18.2 Å². The van der Waals surface area contributed by atoms with E-state index in [9.17, 15) is 9.18 Å². The molecule has 0 saturated carbocycles. The summed E-state index contributed by atoms with van der Waals surface area (Å²) in [4.78, 5) is 13.7. The van der Waals surface area contributed by atoms with Crippen molar-refractivity contribution >= 4 is 5.91 Å². The Labute approximate surface area is 136 Å². The third-order valence-electron chi connectivity index (χ3n) is 3.65. The van der Waals surface area contributed by atoms with Gasteiger partial charge in [0.25, 0.3) is 5.91 Å². The van der Waals surface area contributed by atoms with Crippen LogP contribution in [0, 0.1) is 5.82 Å². The highest BCUT2D eigenvalue weighted by Crippen LogP contribution is 2.20. The number of carbonyl (C=O) groups excluding carboxylic acids is 1. The van der Waals surface area contributed by atoms with Gasteiger partial charge in [0.15, 0.2) is 6.61 Å². The van der Waals surface area contributed by atoms with Crippen LogP contribution in [0.4, 0.5) is 4.39 Å². The Bertz CT molecular complexity index is 653. The van der Waals surface area contributed by atoms with Crippen LogP contribution in [0.2, 0.25) is 0 Å². The van der Waals surface area contributed by atoms with Crippen LogP contribution in [-0.4, -0.2) is 24.5 Å². The highest BCUT2D eigenvalue weighted by molar-refractivity contribution is 5.77. The van der Waals surface area contributed by atoms with Crippen molar-refractivity contribution < 1.29 is 13.9 Å². The normalized spacial score (nSPS) is 10.7. The van der Waals surface area contributed by atoms with E-state index in [1.165, 1.54) is 17.7 Å². The fourth-order valence-electron chi connectivity index (χ4n) is 2.17. The minimum atomic E-state index is -0.281. The maximum Gasteiger partial charge on any atom is 0.260 e. The Hall–Kier alpha value is -2.36. The van der Waals surface area contributed by atoms with Crippen LogP contribution < -0.4 is 4.74 Å². The molecule has 0 spiro atoms. The Balaban J connectivity index is 1.88. The standard InChI is InChI=1S/C19H22FNO2/c1-14(2)16-5-4-6-18(11-16)23-13-19(22)21(3)12-15-7-9-17(20)10-8-15/h4-11,14H,12-13H2,1-3H3. The summed E-state index contributed by atoms with van der Waals surface area (Å²) < 4.78 is 18.5. The van der Waals surface area contributed by atoms with E-state index < -0.39 is 0 Å². The molecular formula is C19H22FNO2. The van der Waals surface area contributed by atoms with Crippen LogP contribution in [-0.2, 0) is 11.3 Å². The average Bonchev–Trinajstić information content (AvgIpc) is 2.55. The van der Waals surface area contributed by atoms with E-state index in [0.717, 1.165) is 5.56 Å². The van der Waals surface area contributed by atoms with Gasteiger partial charge >= 0.3 is 0 Å². The van der Waals surface area contributed by atoms with Gasteiger partial charge in [-0.3, -0.25) is 4.79 Å². The van der Waals surface area contributed by atoms with E-state index >= 15 is 0 Å². The van der Waals surface area contributed by atoms with E-state index in [-0.39, 0.29) is 18.3 Å². The first-order valence-corrected chi connectivity index (χ1v) is 7.67. The van der Waals surface area contributed by atoms with Gasteiger partial charge in [0.1, 0.15) is 11.6 Å². The highest BCUT2D eigenvalue weighted by atomic mass is 19.1. The zero-order chi connectivity index (χ0) is 16.8. The van der Waals surface area contributed by atoms with Gasteiger partial charge in [0.2, 0.25) is 0 Å². The summed E-state index contributed by atoms with van der Waals surface area (Å²) in [5.41, 5.74) is 2.05. The lowest BCUT2D eigenvalue weighted by Crippen LogP contribution is -2.30. The number of nitrogens with zero attached hydrogens (tertiary/aromatic N) is 1. The summed E-state index contributed by atoms with van der Waals surface area (Å²) in [6.07, 6.45) is 0. The zero-order valence-electron chi connectivity index (χ0n) is 13.8. The van der Waals surface area contributed by atoms with Gasteiger partial charge in [-0.25, -0.2) is 4.39 Å². The molecule has 0 N–H and O–H groups in total. The molecule has 4 heteroatoms. The molecule has 0 atom stereocenters. The molecule has 0 unspecified atom stereocenters. The van der Waals surface area contributed by atoms with Crippen LogP contribution in [0.1, 0.15) is 30.9 Å². The SMILES string of the molecule is CC(C)c1cccc(OCC(=O)N(C)Cc2ccc(F)cc2)c1. The molecule has 1 amide bonds. The topological polar surface area (TPSA) is 29.5 Å². The van der Waals surface area contributed by atoms with E-state index in [1.54, 1.807) is 24.1 Å². The van der Waals surface area contributed by atoms with Crippen molar-refractivity contribution in [3.05, 3.63) is 65.5 Å². The quantitative estimate of drug-likeness (QED) is 0.807. The molecule has 2 aromatic rings. The minimum absolute atomic E-state index is 0.0146. The summed E-state index contributed by atoms with van der Waals surface area (Å²) in [6.45, 7) is 4.63. The third-order valence-corrected chi connectivity index (χ3v) is 3.65. The van der Waals surface area contributed by atoms with Gasteiger partial charge in [-0.05, 0) is 41.3 Å². The number of amides is 1. The smallest absolute Gasteiger partial charge is 0.260 e. The van der Waals surface area contributed by atoms with Gasteiger partial charge in [-0.2, -0.15) is 0 Å². The molecule has 3 nitrogen and oxygen atoms in total.